The van der Waals surface area contributed by atoms with Gasteiger partial charge in [-0.05, 0) is 55.4 Å². The molecule has 0 bridgehead atoms. The summed E-state index contributed by atoms with van der Waals surface area (Å²) in [4.78, 5) is 21.9. The number of halogens is 1. The minimum atomic E-state index is -0.854. The highest BCUT2D eigenvalue weighted by atomic mass is 35.5. The van der Waals surface area contributed by atoms with Gasteiger partial charge in [-0.1, -0.05) is 54.1 Å². The van der Waals surface area contributed by atoms with Gasteiger partial charge in [0.25, 0.3) is 0 Å². The van der Waals surface area contributed by atoms with Crippen LogP contribution in [0.15, 0.2) is 48.5 Å². The van der Waals surface area contributed by atoms with Gasteiger partial charge >= 0.3 is 11.9 Å². The largest absolute Gasteiger partial charge is 0.481 e. The number of benzene rings is 2. The Balaban J connectivity index is 0.000000278. The zero-order chi connectivity index (χ0) is 21.4. The Kier molecular flexibility index (Phi) is 8.23. The summed E-state index contributed by atoms with van der Waals surface area (Å²) in [6, 6.07) is 15.8. The number of carbonyl (C=O) groups is 2. The smallest absolute Gasteiger partial charge is 0.304 e. The minimum Gasteiger partial charge on any atom is -0.481 e. The average Bonchev–Trinajstić information content (AvgIpc) is 3.02. The fourth-order valence-electron chi connectivity index (χ4n) is 3.96. The first kappa shape index (κ1) is 22.9. The maximum Gasteiger partial charge on any atom is 0.304 e. The summed E-state index contributed by atoms with van der Waals surface area (Å²) in [6.07, 6.45) is 2.62. The highest BCUT2D eigenvalue weighted by Crippen LogP contribution is 2.47. The number of fused-ring (bicyclic) bond motifs is 1. The summed E-state index contributed by atoms with van der Waals surface area (Å²) in [6.45, 7) is 1.98. The second kappa shape index (κ2) is 10.4. The van der Waals surface area contributed by atoms with E-state index in [4.69, 9.17) is 22.4 Å². The van der Waals surface area contributed by atoms with Crippen molar-refractivity contribution in [3.8, 4) is 0 Å². The third-order valence-electron chi connectivity index (χ3n) is 5.40. The van der Waals surface area contributed by atoms with Crippen LogP contribution in [0.3, 0.4) is 0 Å². The third-order valence-corrected chi connectivity index (χ3v) is 5.76. The number of hydrogen-bond donors (Lipinski definition) is 3. The van der Waals surface area contributed by atoms with E-state index in [-0.39, 0.29) is 18.9 Å². The second-order valence-corrected chi connectivity index (χ2v) is 7.97. The van der Waals surface area contributed by atoms with Gasteiger partial charge in [-0.2, -0.15) is 0 Å². The van der Waals surface area contributed by atoms with Crippen molar-refractivity contribution >= 4 is 23.5 Å². The molecule has 6 heteroatoms. The molecule has 2 aromatic rings. The van der Waals surface area contributed by atoms with Crippen LogP contribution in [-0.2, 0) is 21.4 Å². The molecule has 0 saturated heterocycles. The molecule has 1 aliphatic rings. The van der Waals surface area contributed by atoms with Crippen LogP contribution in [0.5, 0.6) is 0 Å². The minimum absolute atomic E-state index is 0.0277. The molecule has 3 rings (SSSR count). The molecule has 29 heavy (non-hydrogen) atoms. The van der Waals surface area contributed by atoms with Crippen molar-refractivity contribution in [3.05, 3.63) is 70.2 Å². The van der Waals surface area contributed by atoms with Crippen LogP contribution in [0.4, 0.5) is 0 Å². The molecule has 0 heterocycles. The van der Waals surface area contributed by atoms with Crippen molar-refractivity contribution in [2.45, 2.75) is 56.9 Å². The van der Waals surface area contributed by atoms with Gasteiger partial charge in [0.15, 0.2) is 0 Å². The quantitative estimate of drug-likeness (QED) is 0.591. The normalized spacial score (nSPS) is 18.3. The third kappa shape index (κ3) is 6.31. The molecule has 156 valence electrons. The van der Waals surface area contributed by atoms with Crippen molar-refractivity contribution in [2.24, 2.45) is 5.73 Å². The fourth-order valence-corrected chi connectivity index (χ4v) is 4.23. The molecule has 2 atom stereocenters. The molecule has 4 N–H and O–H groups in total. The van der Waals surface area contributed by atoms with Gasteiger partial charge in [0.1, 0.15) is 0 Å². The number of rotatable bonds is 7. The van der Waals surface area contributed by atoms with E-state index in [1.54, 1.807) is 0 Å². The zero-order valence-corrected chi connectivity index (χ0v) is 17.4. The molecule has 0 fully saturated rings. The van der Waals surface area contributed by atoms with Crippen LogP contribution >= 0.6 is 11.6 Å². The van der Waals surface area contributed by atoms with E-state index >= 15 is 0 Å². The van der Waals surface area contributed by atoms with Crippen molar-refractivity contribution in [3.63, 3.8) is 0 Å². The first-order valence-electron chi connectivity index (χ1n) is 9.77. The first-order chi connectivity index (χ1) is 13.7. The number of aliphatic carboxylic acids is 2. The fraction of sp³-hybridized carbons (Fsp3) is 0.391. The maximum absolute atomic E-state index is 11.2. The van der Waals surface area contributed by atoms with Gasteiger partial charge in [0, 0.05) is 22.9 Å². The molecule has 0 spiro atoms. The molecule has 0 radical (unpaired) electrons. The van der Waals surface area contributed by atoms with Crippen molar-refractivity contribution < 1.29 is 19.8 Å². The Labute approximate surface area is 176 Å². The summed E-state index contributed by atoms with van der Waals surface area (Å²) < 4.78 is 0. The second-order valence-electron chi connectivity index (χ2n) is 7.56. The van der Waals surface area contributed by atoms with E-state index < -0.39 is 17.4 Å². The SMILES string of the molecule is C[C@@H](N)c1ccccc1.O=C(O)CCC[C@]1(CC(=O)O)CCc2c(Cl)cccc21. The number of carboxylic acid groups (broad SMARTS) is 2. The van der Waals surface area contributed by atoms with E-state index in [1.807, 2.05) is 55.5 Å². The van der Waals surface area contributed by atoms with Gasteiger partial charge < -0.3 is 15.9 Å². The molecule has 0 unspecified atom stereocenters. The van der Waals surface area contributed by atoms with Crippen LogP contribution < -0.4 is 5.73 Å². The van der Waals surface area contributed by atoms with Crippen LogP contribution in [0.2, 0.25) is 5.02 Å². The predicted molar refractivity (Wildman–Crippen MR) is 114 cm³/mol. The van der Waals surface area contributed by atoms with E-state index in [2.05, 4.69) is 0 Å². The van der Waals surface area contributed by atoms with Crippen LogP contribution in [0.25, 0.3) is 0 Å². The highest BCUT2D eigenvalue weighted by Gasteiger charge is 2.40. The van der Waals surface area contributed by atoms with Gasteiger partial charge in [-0.3, -0.25) is 9.59 Å². The van der Waals surface area contributed by atoms with Crippen molar-refractivity contribution in [2.75, 3.05) is 0 Å². The number of carboxylic acids is 2. The molecule has 2 aromatic carbocycles. The van der Waals surface area contributed by atoms with Gasteiger partial charge in [0.2, 0.25) is 0 Å². The zero-order valence-electron chi connectivity index (χ0n) is 16.6. The Morgan fingerprint density at radius 2 is 1.79 bits per heavy atom. The standard InChI is InChI=1S/C15H17ClO4.C8H11N/c16-12-4-1-3-11-10(12)6-8-15(11,9-14(19)20)7-2-5-13(17)18;1-7(9)8-5-3-2-4-6-8/h1,3-4H,2,5-9H2,(H,17,18)(H,19,20);2-7H,9H2,1H3/t15-;7-/m11/s1. The predicted octanol–water partition coefficient (Wildman–Crippen LogP) is 4.96. The molecular weight excluding hydrogens is 390 g/mol. The number of hydrogen-bond acceptors (Lipinski definition) is 3. The van der Waals surface area contributed by atoms with Crippen molar-refractivity contribution in [1.82, 2.24) is 0 Å². The van der Waals surface area contributed by atoms with Crippen LogP contribution in [0.1, 0.15) is 61.8 Å². The van der Waals surface area contributed by atoms with Gasteiger partial charge in [0.05, 0.1) is 6.42 Å². The maximum atomic E-state index is 11.2. The lowest BCUT2D eigenvalue weighted by Crippen LogP contribution is -2.27. The summed E-state index contributed by atoms with van der Waals surface area (Å²) in [5.74, 6) is -1.70. The Hall–Kier alpha value is -2.37. The summed E-state index contributed by atoms with van der Waals surface area (Å²) in [7, 11) is 0. The van der Waals surface area contributed by atoms with E-state index in [0.717, 1.165) is 24.0 Å². The summed E-state index contributed by atoms with van der Waals surface area (Å²) >= 11 is 6.18. The van der Waals surface area contributed by atoms with E-state index in [1.165, 1.54) is 5.56 Å². The van der Waals surface area contributed by atoms with E-state index in [0.29, 0.717) is 17.9 Å². The lowest BCUT2D eigenvalue weighted by molar-refractivity contribution is -0.138. The molecule has 0 aliphatic heterocycles. The average molecular weight is 418 g/mol. The number of nitrogens with two attached hydrogens (primary N) is 1. The summed E-state index contributed by atoms with van der Waals surface area (Å²) in [5, 5.41) is 18.6. The molecular formula is C23H28ClNO4. The molecule has 0 amide bonds. The molecule has 5 nitrogen and oxygen atoms in total. The Bertz CT molecular complexity index is 838. The molecule has 1 aliphatic carbocycles. The van der Waals surface area contributed by atoms with Gasteiger partial charge in [-0.15, -0.1) is 0 Å². The molecule has 0 aromatic heterocycles. The monoisotopic (exact) mass is 417 g/mol. The topological polar surface area (TPSA) is 101 Å². The first-order valence-corrected chi connectivity index (χ1v) is 10.1. The van der Waals surface area contributed by atoms with E-state index in [9.17, 15) is 14.7 Å². The van der Waals surface area contributed by atoms with Crippen LogP contribution in [-0.4, -0.2) is 22.2 Å². The lowest BCUT2D eigenvalue weighted by atomic mass is 9.75. The Morgan fingerprint density at radius 3 is 2.34 bits per heavy atom. The summed E-state index contributed by atoms with van der Waals surface area (Å²) in [5.41, 5.74) is 8.34. The van der Waals surface area contributed by atoms with Crippen molar-refractivity contribution in [1.29, 1.82) is 0 Å². The van der Waals surface area contributed by atoms with Gasteiger partial charge in [-0.25, -0.2) is 0 Å². The molecule has 0 saturated carbocycles. The lowest BCUT2D eigenvalue weighted by Gasteiger charge is -2.29. The highest BCUT2D eigenvalue weighted by molar-refractivity contribution is 6.31. The van der Waals surface area contributed by atoms with Crippen LogP contribution in [0, 0.1) is 0 Å². The Morgan fingerprint density at radius 1 is 1.10 bits per heavy atom.